The zero-order valence-corrected chi connectivity index (χ0v) is 15.8. The molecule has 2 aromatic rings. The molecule has 0 heterocycles. The van der Waals surface area contributed by atoms with Crippen molar-refractivity contribution in [1.29, 1.82) is 0 Å². The number of fused-ring (bicyclic) bond motifs is 1. The Kier molecular flexibility index (Phi) is 7.77. The van der Waals surface area contributed by atoms with Crippen molar-refractivity contribution < 1.29 is 9.53 Å². The van der Waals surface area contributed by atoms with Crippen LogP contribution in [0.2, 0.25) is 0 Å². The number of ether oxygens (including phenoxy) is 1. The van der Waals surface area contributed by atoms with E-state index in [9.17, 15) is 4.79 Å². The van der Waals surface area contributed by atoms with E-state index < -0.39 is 6.10 Å². The van der Waals surface area contributed by atoms with Gasteiger partial charge in [-0.2, -0.15) is 0 Å². The van der Waals surface area contributed by atoms with Crippen molar-refractivity contribution in [2.45, 2.75) is 59.0 Å². The topological polar surface area (TPSA) is 38.3 Å². The normalized spacial score (nSPS) is 13.4. The number of unbranched alkanes of at least 4 members (excludes halogenated alkanes) is 1. The van der Waals surface area contributed by atoms with E-state index in [1.165, 1.54) is 19.3 Å². The summed E-state index contributed by atoms with van der Waals surface area (Å²) in [6, 6.07) is 14.1. The highest BCUT2D eigenvalue weighted by Gasteiger charge is 2.20. The van der Waals surface area contributed by atoms with E-state index in [1.54, 1.807) is 0 Å². The Balaban J connectivity index is 2.00. The Hall–Kier alpha value is -2.03. The molecule has 0 aliphatic heterocycles. The van der Waals surface area contributed by atoms with E-state index in [0.29, 0.717) is 12.3 Å². The lowest BCUT2D eigenvalue weighted by Crippen LogP contribution is -2.40. The molecule has 0 aliphatic carbocycles. The van der Waals surface area contributed by atoms with Crippen LogP contribution in [0.25, 0.3) is 10.8 Å². The first-order valence-corrected chi connectivity index (χ1v) is 9.61. The monoisotopic (exact) mass is 341 g/mol. The molecule has 0 saturated carbocycles. The van der Waals surface area contributed by atoms with Gasteiger partial charge in [0.2, 0.25) is 0 Å². The standard InChI is InChI=1S/C22H31NO2/c1-4-7-11-17(5-2)16-23-22(24)20(6-3)25-21-15-10-13-18-12-8-9-14-19(18)21/h8-10,12-15,17,20H,4-7,11,16H2,1-3H3,(H,23,24)/t17-,20-/m1/s1. The maximum absolute atomic E-state index is 12.6. The minimum atomic E-state index is -0.450. The van der Waals surface area contributed by atoms with Gasteiger partial charge in [0.15, 0.2) is 6.10 Å². The van der Waals surface area contributed by atoms with Crippen LogP contribution in [0.4, 0.5) is 0 Å². The van der Waals surface area contributed by atoms with Gasteiger partial charge in [0.05, 0.1) is 0 Å². The Morgan fingerprint density at radius 2 is 1.80 bits per heavy atom. The molecule has 2 rings (SSSR count). The number of carbonyl (C=O) groups is 1. The molecule has 1 N–H and O–H groups in total. The summed E-state index contributed by atoms with van der Waals surface area (Å²) < 4.78 is 6.07. The molecule has 2 aromatic carbocycles. The molecular formula is C22H31NO2. The molecule has 1 amide bonds. The number of benzene rings is 2. The predicted molar refractivity (Wildman–Crippen MR) is 105 cm³/mol. The van der Waals surface area contributed by atoms with Crippen molar-refractivity contribution in [2.75, 3.05) is 6.54 Å². The second-order valence-electron chi connectivity index (χ2n) is 6.65. The molecule has 136 valence electrons. The minimum absolute atomic E-state index is 0.00890. The average molecular weight is 341 g/mol. The fourth-order valence-corrected chi connectivity index (χ4v) is 3.08. The summed E-state index contributed by atoms with van der Waals surface area (Å²) >= 11 is 0. The van der Waals surface area contributed by atoms with E-state index in [0.717, 1.165) is 29.5 Å². The first kappa shape index (κ1) is 19.3. The summed E-state index contributed by atoms with van der Waals surface area (Å²) in [6.07, 6.45) is 4.90. The van der Waals surface area contributed by atoms with Crippen LogP contribution in [0.15, 0.2) is 42.5 Å². The number of nitrogens with one attached hydrogen (secondary N) is 1. The van der Waals surface area contributed by atoms with Gasteiger partial charge in [0.25, 0.3) is 5.91 Å². The molecular weight excluding hydrogens is 310 g/mol. The van der Waals surface area contributed by atoms with Gasteiger partial charge >= 0.3 is 0 Å². The van der Waals surface area contributed by atoms with Crippen LogP contribution in [-0.2, 0) is 4.79 Å². The third-order valence-corrected chi connectivity index (χ3v) is 4.79. The third kappa shape index (κ3) is 5.48. The van der Waals surface area contributed by atoms with Crippen molar-refractivity contribution in [3.63, 3.8) is 0 Å². The third-order valence-electron chi connectivity index (χ3n) is 4.79. The zero-order chi connectivity index (χ0) is 18.1. The van der Waals surface area contributed by atoms with Crippen molar-refractivity contribution >= 4 is 16.7 Å². The fraction of sp³-hybridized carbons (Fsp3) is 0.500. The SMILES string of the molecule is CCCC[C@@H](CC)CNC(=O)[C@@H](CC)Oc1cccc2ccccc12. The van der Waals surface area contributed by atoms with E-state index in [1.807, 2.05) is 37.3 Å². The molecule has 25 heavy (non-hydrogen) atoms. The van der Waals surface area contributed by atoms with E-state index in [4.69, 9.17) is 4.74 Å². The lowest BCUT2D eigenvalue weighted by molar-refractivity contribution is -0.128. The highest BCUT2D eigenvalue weighted by atomic mass is 16.5. The molecule has 0 spiro atoms. The first-order valence-electron chi connectivity index (χ1n) is 9.61. The zero-order valence-electron chi connectivity index (χ0n) is 15.8. The summed E-state index contributed by atoms with van der Waals surface area (Å²) in [5.41, 5.74) is 0. The Morgan fingerprint density at radius 1 is 1.04 bits per heavy atom. The van der Waals surface area contributed by atoms with Crippen LogP contribution < -0.4 is 10.1 Å². The van der Waals surface area contributed by atoms with Gasteiger partial charge in [-0.25, -0.2) is 0 Å². The molecule has 2 atom stereocenters. The summed E-state index contributed by atoms with van der Waals surface area (Å²) in [5, 5.41) is 5.27. The van der Waals surface area contributed by atoms with Gasteiger partial charge in [-0.3, -0.25) is 4.79 Å². The maximum Gasteiger partial charge on any atom is 0.261 e. The van der Waals surface area contributed by atoms with Crippen molar-refractivity contribution in [1.82, 2.24) is 5.32 Å². The number of carbonyl (C=O) groups excluding carboxylic acids is 1. The first-order chi connectivity index (χ1) is 12.2. The van der Waals surface area contributed by atoms with Gasteiger partial charge in [-0.1, -0.05) is 76.4 Å². The van der Waals surface area contributed by atoms with Crippen LogP contribution in [0.5, 0.6) is 5.75 Å². The van der Waals surface area contributed by atoms with Crippen molar-refractivity contribution in [3.8, 4) is 5.75 Å². The molecule has 0 fully saturated rings. The second-order valence-corrected chi connectivity index (χ2v) is 6.65. The summed E-state index contributed by atoms with van der Waals surface area (Å²) in [7, 11) is 0. The van der Waals surface area contributed by atoms with Crippen LogP contribution in [0, 0.1) is 5.92 Å². The highest BCUT2D eigenvalue weighted by molar-refractivity contribution is 5.89. The molecule has 3 heteroatoms. The van der Waals surface area contributed by atoms with E-state index in [-0.39, 0.29) is 5.91 Å². The minimum Gasteiger partial charge on any atom is -0.480 e. The van der Waals surface area contributed by atoms with Gasteiger partial charge in [0, 0.05) is 11.9 Å². The Morgan fingerprint density at radius 3 is 2.52 bits per heavy atom. The van der Waals surface area contributed by atoms with Crippen LogP contribution in [-0.4, -0.2) is 18.6 Å². The fourth-order valence-electron chi connectivity index (χ4n) is 3.08. The quantitative estimate of drug-likeness (QED) is 0.634. The van der Waals surface area contributed by atoms with E-state index in [2.05, 4.69) is 31.3 Å². The van der Waals surface area contributed by atoms with Crippen LogP contribution >= 0.6 is 0 Å². The number of rotatable bonds is 10. The van der Waals surface area contributed by atoms with Crippen LogP contribution in [0.3, 0.4) is 0 Å². The predicted octanol–water partition coefficient (Wildman–Crippen LogP) is 5.33. The molecule has 0 aliphatic rings. The molecule has 3 nitrogen and oxygen atoms in total. The number of hydrogen-bond acceptors (Lipinski definition) is 2. The number of amides is 1. The van der Waals surface area contributed by atoms with Crippen molar-refractivity contribution in [2.24, 2.45) is 5.92 Å². The van der Waals surface area contributed by atoms with E-state index >= 15 is 0 Å². The summed E-state index contributed by atoms with van der Waals surface area (Å²) in [6.45, 7) is 7.13. The molecule has 0 bridgehead atoms. The molecule has 0 radical (unpaired) electrons. The van der Waals surface area contributed by atoms with Gasteiger partial charge in [-0.15, -0.1) is 0 Å². The summed E-state index contributed by atoms with van der Waals surface area (Å²) in [4.78, 5) is 12.6. The average Bonchev–Trinajstić information content (AvgIpc) is 2.66. The van der Waals surface area contributed by atoms with Crippen LogP contribution in [0.1, 0.15) is 52.9 Å². The maximum atomic E-state index is 12.6. The lowest BCUT2D eigenvalue weighted by Gasteiger charge is -2.21. The molecule has 0 saturated heterocycles. The molecule has 0 aromatic heterocycles. The second kappa shape index (κ2) is 10.1. The van der Waals surface area contributed by atoms with Gasteiger partial charge in [0.1, 0.15) is 5.75 Å². The Labute approximate surface area is 151 Å². The summed E-state index contributed by atoms with van der Waals surface area (Å²) in [5.74, 6) is 1.32. The smallest absolute Gasteiger partial charge is 0.261 e. The van der Waals surface area contributed by atoms with Crippen molar-refractivity contribution in [3.05, 3.63) is 42.5 Å². The van der Waals surface area contributed by atoms with Gasteiger partial charge in [-0.05, 0) is 30.2 Å². The Bertz CT molecular complexity index is 663. The largest absolute Gasteiger partial charge is 0.480 e. The highest BCUT2D eigenvalue weighted by Crippen LogP contribution is 2.26. The number of hydrogen-bond donors (Lipinski definition) is 1. The molecule has 0 unspecified atom stereocenters. The lowest BCUT2D eigenvalue weighted by atomic mass is 9.99. The van der Waals surface area contributed by atoms with Gasteiger partial charge < -0.3 is 10.1 Å².